The molecule has 4 nitrogen and oxygen atoms in total. The van der Waals surface area contributed by atoms with Gasteiger partial charge in [0.1, 0.15) is 11.5 Å². The molecular weight excluding hydrogens is 613 g/mol. The SMILES string of the molecule is CCC1CCC(C2CCC(C(=O)Oc3ccc(OC(=O)C4CCC(C5CCC(CC)CC5)CC4)c(-c4ccc(SC)cc4)c3)CC2)CC1. The molecule has 4 aliphatic rings. The molecule has 4 aliphatic carbocycles. The van der Waals surface area contributed by atoms with Crippen LogP contribution in [0.1, 0.15) is 129 Å². The first-order chi connectivity index (χ1) is 23.4. The molecule has 0 bridgehead atoms. The van der Waals surface area contributed by atoms with E-state index in [-0.39, 0.29) is 23.8 Å². The third-order valence-corrected chi connectivity index (χ3v) is 14.0. The van der Waals surface area contributed by atoms with Crippen molar-refractivity contribution in [1.29, 1.82) is 0 Å². The Bertz CT molecular complexity index is 1320. The summed E-state index contributed by atoms with van der Waals surface area (Å²) in [6, 6.07) is 13.9. The Morgan fingerprint density at radius 3 is 1.46 bits per heavy atom. The number of hydrogen-bond acceptors (Lipinski definition) is 5. The molecule has 0 atom stereocenters. The summed E-state index contributed by atoms with van der Waals surface area (Å²) in [5.74, 6) is 5.85. The summed E-state index contributed by atoms with van der Waals surface area (Å²) in [5.41, 5.74) is 1.76. The maximum Gasteiger partial charge on any atom is 0.314 e. The van der Waals surface area contributed by atoms with Gasteiger partial charge in [0.05, 0.1) is 11.8 Å². The highest BCUT2D eigenvalue weighted by molar-refractivity contribution is 7.98. The molecule has 0 unspecified atom stereocenters. The molecule has 0 heterocycles. The molecule has 4 saturated carbocycles. The predicted molar refractivity (Wildman–Crippen MR) is 197 cm³/mol. The first-order valence-corrected chi connectivity index (χ1v) is 20.9. The molecule has 0 spiro atoms. The van der Waals surface area contributed by atoms with Crippen molar-refractivity contribution >= 4 is 23.7 Å². The summed E-state index contributed by atoms with van der Waals surface area (Å²) in [6.45, 7) is 4.66. The van der Waals surface area contributed by atoms with Gasteiger partial charge in [0.15, 0.2) is 0 Å². The quantitative estimate of drug-likeness (QED) is 0.143. The number of hydrogen-bond donors (Lipinski definition) is 0. The van der Waals surface area contributed by atoms with E-state index in [1.54, 1.807) is 11.8 Å². The predicted octanol–water partition coefficient (Wildman–Crippen LogP) is 11.9. The monoisotopic (exact) mass is 672 g/mol. The van der Waals surface area contributed by atoms with E-state index in [9.17, 15) is 9.59 Å². The van der Waals surface area contributed by atoms with Gasteiger partial charge in [-0.1, -0.05) is 64.5 Å². The molecule has 0 aromatic heterocycles. The minimum absolute atomic E-state index is 0.0353. The Balaban J connectivity index is 1.07. The number of carbonyl (C=O) groups excluding carboxylic acids is 2. The molecule has 5 heteroatoms. The smallest absolute Gasteiger partial charge is 0.314 e. The van der Waals surface area contributed by atoms with Crippen molar-refractivity contribution in [2.75, 3.05) is 6.26 Å². The fourth-order valence-electron chi connectivity index (χ4n) is 9.84. The Hall–Kier alpha value is -2.27. The lowest BCUT2D eigenvalue weighted by Gasteiger charge is -2.37. The molecule has 0 saturated heterocycles. The van der Waals surface area contributed by atoms with Crippen molar-refractivity contribution in [3.8, 4) is 22.6 Å². The maximum absolute atomic E-state index is 13.5. The average molecular weight is 673 g/mol. The van der Waals surface area contributed by atoms with Gasteiger partial charge < -0.3 is 9.47 Å². The zero-order valence-corrected chi connectivity index (χ0v) is 30.7. The third kappa shape index (κ3) is 8.90. The highest BCUT2D eigenvalue weighted by Crippen LogP contribution is 2.44. The number of thioether (sulfide) groups is 1. The van der Waals surface area contributed by atoms with Crippen molar-refractivity contribution < 1.29 is 19.1 Å². The van der Waals surface area contributed by atoms with E-state index < -0.39 is 0 Å². The third-order valence-electron chi connectivity index (χ3n) is 13.3. The van der Waals surface area contributed by atoms with Crippen LogP contribution in [0.15, 0.2) is 47.4 Å². The minimum atomic E-state index is -0.116. The Morgan fingerprint density at radius 2 is 1.02 bits per heavy atom. The van der Waals surface area contributed by atoms with Crippen LogP contribution in [0.25, 0.3) is 11.1 Å². The van der Waals surface area contributed by atoms with Crippen molar-refractivity contribution in [1.82, 2.24) is 0 Å². The fraction of sp³-hybridized carbons (Fsp3) is 0.674. The molecular formula is C43H60O4S. The maximum atomic E-state index is 13.5. The number of carbonyl (C=O) groups is 2. The number of rotatable bonds is 10. The van der Waals surface area contributed by atoms with E-state index in [0.717, 1.165) is 98.0 Å². The Kier molecular flexibility index (Phi) is 12.7. The van der Waals surface area contributed by atoms with Gasteiger partial charge in [-0.05, 0) is 155 Å². The fourth-order valence-corrected chi connectivity index (χ4v) is 10.2. The highest BCUT2D eigenvalue weighted by atomic mass is 32.2. The molecule has 0 amide bonds. The molecule has 2 aromatic carbocycles. The Morgan fingerprint density at radius 1 is 0.583 bits per heavy atom. The van der Waals surface area contributed by atoms with Gasteiger partial charge >= 0.3 is 11.9 Å². The van der Waals surface area contributed by atoms with Crippen LogP contribution in [0.2, 0.25) is 0 Å². The van der Waals surface area contributed by atoms with Crippen molar-refractivity contribution in [2.24, 2.45) is 47.3 Å². The van der Waals surface area contributed by atoms with E-state index in [4.69, 9.17) is 9.47 Å². The first-order valence-electron chi connectivity index (χ1n) is 19.7. The van der Waals surface area contributed by atoms with Crippen molar-refractivity contribution in [3.05, 3.63) is 42.5 Å². The molecule has 6 rings (SSSR count). The number of ether oxygens (including phenoxy) is 2. The zero-order valence-electron chi connectivity index (χ0n) is 29.9. The molecule has 0 N–H and O–H groups in total. The lowest BCUT2D eigenvalue weighted by Crippen LogP contribution is -2.30. The summed E-state index contributed by atoms with van der Waals surface area (Å²) in [6.07, 6.45) is 24.0. The highest BCUT2D eigenvalue weighted by Gasteiger charge is 2.35. The lowest BCUT2D eigenvalue weighted by molar-refractivity contribution is -0.141. The topological polar surface area (TPSA) is 52.6 Å². The van der Waals surface area contributed by atoms with Gasteiger partial charge in [-0.3, -0.25) is 9.59 Å². The standard InChI is InChI=1S/C43H60O4S/c1-4-29-6-10-31(11-7-29)33-14-18-36(19-15-33)42(44)46-38-24-27-41(40(28-38)35-22-25-39(48-3)26-23-35)47-43(45)37-20-16-34(17-21-37)32-12-8-30(5-2)9-13-32/h22-34,36-37H,4-21H2,1-3H3. The van der Waals surface area contributed by atoms with E-state index >= 15 is 0 Å². The summed E-state index contributed by atoms with van der Waals surface area (Å²) < 4.78 is 12.2. The van der Waals surface area contributed by atoms with Gasteiger partial charge in [0.2, 0.25) is 0 Å². The summed E-state index contributed by atoms with van der Waals surface area (Å²) in [5, 5.41) is 0. The summed E-state index contributed by atoms with van der Waals surface area (Å²) in [7, 11) is 0. The van der Waals surface area contributed by atoms with Gasteiger partial charge in [-0.15, -0.1) is 11.8 Å². The van der Waals surface area contributed by atoms with Gasteiger partial charge in [0.25, 0.3) is 0 Å². The average Bonchev–Trinajstić information content (AvgIpc) is 3.15. The minimum Gasteiger partial charge on any atom is -0.426 e. The second kappa shape index (κ2) is 17.1. The van der Waals surface area contributed by atoms with E-state index in [2.05, 4.69) is 44.4 Å². The number of benzene rings is 2. The van der Waals surface area contributed by atoms with E-state index in [1.165, 1.54) is 69.1 Å². The van der Waals surface area contributed by atoms with E-state index in [1.807, 2.05) is 18.2 Å². The van der Waals surface area contributed by atoms with Crippen LogP contribution in [0, 0.1) is 47.3 Å². The molecule has 4 fully saturated rings. The largest absolute Gasteiger partial charge is 0.426 e. The zero-order chi connectivity index (χ0) is 33.5. The van der Waals surface area contributed by atoms with Crippen LogP contribution in [0.5, 0.6) is 11.5 Å². The molecule has 48 heavy (non-hydrogen) atoms. The molecule has 262 valence electrons. The van der Waals surface area contributed by atoms with Gasteiger partial charge in [0, 0.05) is 10.5 Å². The summed E-state index contributed by atoms with van der Waals surface area (Å²) in [4.78, 5) is 28.1. The molecule has 0 radical (unpaired) electrons. The molecule has 0 aliphatic heterocycles. The van der Waals surface area contributed by atoms with Crippen LogP contribution in [-0.4, -0.2) is 18.2 Å². The second-order valence-electron chi connectivity index (χ2n) is 15.8. The normalized spacial score (nSPS) is 31.1. The number of esters is 2. The van der Waals surface area contributed by atoms with Crippen LogP contribution in [0.3, 0.4) is 0 Å². The Labute approximate surface area is 294 Å². The van der Waals surface area contributed by atoms with Crippen molar-refractivity contribution in [3.63, 3.8) is 0 Å². The van der Waals surface area contributed by atoms with Crippen LogP contribution in [0.4, 0.5) is 0 Å². The molecule has 2 aromatic rings. The van der Waals surface area contributed by atoms with Crippen molar-refractivity contribution in [2.45, 2.75) is 134 Å². The first kappa shape index (κ1) is 35.6. The van der Waals surface area contributed by atoms with Crippen LogP contribution < -0.4 is 9.47 Å². The lowest BCUT2D eigenvalue weighted by atomic mass is 9.69. The van der Waals surface area contributed by atoms with Gasteiger partial charge in [-0.2, -0.15) is 0 Å². The van der Waals surface area contributed by atoms with Crippen LogP contribution >= 0.6 is 11.8 Å². The summed E-state index contributed by atoms with van der Waals surface area (Å²) >= 11 is 1.70. The second-order valence-corrected chi connectivity index (χ2v) is 16.7. The van der Waals surface area contributed by atoms with E-state index in [0.29, 0.717) is 11.5 Å². The van der Waals surface area contributed by atoms with Gasteiger partial charge in [-0.25, -0.2) is 0 Å². The van der Waals surface area contributed by atoms with Crippen LogP contribution in [-0.2, 0) is 9.59 Å².